The van der Waals surface area contributed by atoms with Crippen LogP contribution in [0.2, 0.25) is 5.02 Å². The van der Waals surface area contributed by atoms with Gasteiger partial charge >= 0.3 is 0 Å². The molecular formula is C14H18ClN3O2. The van der Waals surface area contributed by atoms with Crippen LogP contribution in [0.1, 0.15) is 19.7 Å². The van der Waals surface area contributed by atoms with Crippen LogP contribution in [0.4, 0.5) is 0 Å². The number of hydrogen-bond acceptors (Lipinski definition) is 4. The first-order valence-corrected chi connectivity index (χ1v) is 6.92. The fourth-order valence-corrected chi connectivity index (χ4v) is 2.25. The Kier molecular flexibility index (Phi) is 4.75. The average molecular weight is 296 g/mol. The summed E-state index contributed by atoms with van der Waals surface area (Å²) in [6, 6.07) is 5.32. The SMILES string of the molecule is CC(C)N(CCO)Cc1nc2ccc(Cl)cc2c(=O)[nH]1. The molecule has 1 heterocycles. The first-order valence-electron chi connectivity index (χ1n) is 6.54. The van der Waals surface area contributed by atoms with Gasteiger partial charge in [-0.25, -0.2) is 4.98 Å². The van der Waals surface area contributed by atoms with E-state index < -0.39 is 0 Å². The molecule has 0 unspecified atom stereocenters. The van der Waals surface area contributed by atoms with Crippen molar-refractivity contribution in [3.8, 4) is 0 Å². The Morgan fingerprint density at radius 2 is 2.20 bits per heavy atom. The van der Waals surface area contributed by atoms with Crippen LogP contribution in [0.5, 0.6) is 0 Å². The van der Waals surface area contributed by atoms with Crippen LogP contribution in [-0.2, 0) is 6.54 Å². The lowest BCUT2D eigenvalue weighted by molar-refractivity contribution is 0.156. The number of halogens is 1. The van der Waals surface area contributed by atoms with Gasteiger partial charge in [-0.05, 0) is 32.0 Å². The summed E-state index contributed by atoms with van der Waals surface area (Å²) in [5.74, 6) is 0.590. The number of aliphatic hydroxyl groups excluding tert-OH is 1. The molecular weight excluding hydrogens is 278 g/mol. The highest BCUT2D eigenvalue weighted by Gasteiger charge is 2.12. The van der Waals surface area contributed by atoms with Gasteiger partial charge in [0.05, 0.1) is 24.1 Å². The molecule has 1 aromatic heterocycles. The number of H-pyrrole nitrogens is 1. The fourth-order valence-electron chi connectivity index (χ4n) is 2.07. The Bertz CT molecular complexity index is 654. The zero-order valence-electron chi connectivity index (χ0n) is 11.6. The largest absolute Gasteiger partial charge is 0.395 e. The van der Waals surface area contributed by atoms with Crippen LogP contribution in [-0.4, -0.2) is 39.2 Å². The third-order valence-corrected chi connectivity index (χ3v) is 3.42. The summed E-state index contributed by atoms with van der Waals surface area (Å²) in [4.78, 5) is 21.3. The van der Waals surface area contributed by atoms with E-state index in [1.807, 2.05) is 18.7 Å². The van der Waals surface area contributed by atoms with Crippen LogP contribution < -0.4 is 5.56 Å². The standard InChI is InChI=1S/C14H18ClN3O2/c1-9(2)18(5-6-19)8-13-16-12-4-3-10(15)7-11(12)14(20)17-13/h3-4,7,9,19H,5-6,8H2,1-2H3,(H,16,17,20). The van der Waals surface area contributed by atoms with Crippen molar-refractivity contribution in [2.24, 2.45) is 0 Å². The van der Waals surface area contributed by atoms with Gasteiger partial charge < -0.3 is 10.1 Å². The average Bonchev–Trinajstić information content (AvgIpc) is 2.39. The Balaban J connectivity index is 2.36. The quantitative estimate of drug-likeness (QED) is 0.882. The monoisotopic (exact) mass is 295 g/mol. The molecule has 0 aliphatic rings. The second kappa shape index (κ2) is 6.35. The van der Waals surface area contributed by atoms with Gasteiger partial charge in [0.2, 0.25) is 0 Å². The minimum Gasteiger partial charge on any atom is -0.395 e. The molecule has 0 atom stereocenters. The minimum absolute atomic E-state index is 0.0750. The van der Waals surface area contributed by atoms with E-state index in [1.165, 1.54) is 0 Å². The smallest absolute Gasteiger partial charge is 0.258 e. The van der Waals surface area contributed by atoms with Crippen LogP contribution in [0.25, 0.3) is 10.9 Å². The summed E-state index contributed by atoms with van der Waals surface area (Å²) in [5.41, 5.74) is 0.432. The van der Waals surface area contributed by atoms with Crippen molar-refractivity contribution in [1.29, 1.82) is 0 Å². The van der Waals surface area contributed by atoms with E-state index >= 15 is 0 Å². The number of rotatable bonds is 5. The van der Waals surface area contributed by atoms with Gasteiger partial charge in [0, 0.05) is 17.6 Å². The molecule has 0 spiro atoms. The van der Waals surface area contributed by atoms with Gasteiger partial charge in [-0.1, -0.05) is 11.6 Å². The van der Waals surface area contributed by atoms with Crippen molar-refractivity contribution in [3.05, 3.63) is 39.4 Å². The van der Waals surface area contributed by atoms with E-state index in [0.29, 0.717) is 34.8 Å². The molecule has 0 bridgehead atoms. The van der Waals surface area contributed by atoms with Crippen molar-refractivity contribution in [3.63, 3.8) is 0 Å². The van der Waals surface area contributed by atoms with Gasteiger partial charge in [-0.3, -0.25) is 9.69 Å². The molecule has 2 rings (SSSR count). The Morgan fingerprint density at radius 3 is 2.85 bits per heavy atom. The second-order valence-corrected chi connectivity index (χ2v) is 5.40. The summed E-state index contributed by atoms with van der Waals surface area (Å²) < 4.78 is 0. The lowest BCUT2D eigenvalue weighted by Gasteiger charge is -2.24. The number of aromatic amines is 1. The first kappa shape index (κ1) is 15.0. The number of hydrogen-bond donors (Lipinski definition) is 2. The third kappa shape index (κ3) is 3.36. The first-order chi connectivity index (χ1) is 9.51. The van der Waals surface area contributed by atoms with Crippen LogP contribution in [0, 0.1) is 0 Å². The van der Waals surface area contributed by atoms with E-state index in [2.05, 4.69) is 9.97 Å². The molecule has 0 aliphatic carbocycles. The van der Waals surface area contributed by atoms with Crippen molar-refractivity contribution in [2.75, 3.05) is 13.2 Å². The van der Waals surface area contributed by atoms with Gasteiger partial charge in [-0.15, -0.1) is 0 Å². The molecule has 0 fully saturated rings. The molecule has 2 aromatic rings. The van der Waals surface area contributed by atoms with E-state index in [0.717, 1.165) is 0 Å². The summed E-state index contributed by atoms with van der Waals surface area (Å²) >= 11 is 5.88. The topological polar surface area (TPSA) is 69.2 Å². The van der Waals surface area contributed by atoms with Crippen LogP contribution >= 0.6 is 11.6 Å². The third-order valence-electron chi connectivity index (χ3n) is 3.19. The van der Waals surface area contributed by atoms with Crippen LogP contribution in [0.15, 0.2) is 23.0 Å². The molecule has 0 radical (unpaired) electrons. The highest BCUT2D eigenvalue weighted by molar-refractivity contribution is 6.31. The number of nitrogens with one attached hydrogen (secondary N) is 1. The zero-order chi connectivity index (χ0) is 14.7. The summed E-state index contributed by atoms with van der Waals surface area (Å²) in [7, 11) is 0. The molecule has 0 amide bonds. The lowest BCUT2D eigenvalue weighted by atomic mass is 10.2. The summed E-state index contributed by atoms with van der Waals surface area (Å²) in [6.45, 7) is 5.18. The maximum Gasteiger partial charge on any atom is 0.258 e. The molecule has 108 valence electrons. The van der Waals surface area contributed by atoms with Crippen molar-refractivity contribution in [2.45, 2.75) is 26.4 Å². The van der Waals surface area contributed by atoms with E-state index in [4.69, 9.17) is 16.7 Å². The van der Waals surface area contributed by atoms with Crippen molar-refractivity contribution < 1.29 is 5.11 Å². The second-order valence-electron chi connectivity index (χ2n) is 4.96. The highest BCUT2D eigenvalue weighted by Crippen LogP contribution is 2.15. The maximum atomic E-state index is 12.0. The van der Waals surface area contributed by atoms with Crippen LogP contribution in [0.3, 0.4) is 0 Å². The molecule has 20 heavy (non-hydrogen) atoms. The summed E-state index contributed by atoms with van der Waals surface area (Å²) in [6.07, 6.45) is 0. The van der Waals surface area contributed by atoms with E-state index in [1.54, 1.807) is 18.2 Å². The maximum absolute atomic E-state index is 12.0. The molecule has 5 nitrogen and oxygen atoms in total. The van der Waals surface area contributed by atoms with Gasteiger partial charge in [0.1, 0.15) is 5.82 Å². The predicted molar refractivity (Wildman–Crippen MR) is 80.0 cm³/mol. The predicted octanol–water partition coefficient (Wildman–Crippen LogP) is 1.78. The minimum atomic E-state index is -0.194. The Hall–Kier alpha value is -1.43. The van der Waals surface area contributed by atoms with Gasteiger partial charge in [0.25, 0.3) is 5.56 Å². The molecule has 0 saturated heterocycles. The number of nitrogens with zero attached hydrogens (tertiary/aromatic N) is 2. The van der Waals surface area contributed by atoms with Gasteiger partial charge in [-0.2, -0.15) is 0 Å². The number of benzene rings is 1. The fraction of sp³-hybridized carbons (Fsp3) is 0.429. The molecule has 0 saturated carbocycles. The molecule has 6 heteroatoms. The Labute approximate surface area is 122 Å². The van der Waals surface area contributed by atoms with Gasteiger partial charge in [0.15, 0.2) is 0 Å². The number of aliphatic hydroxyl groups is 1. The zero-order valence-corrected chi connectivity index (χ0v) is 12.3. The van der Waals surface area contributed by atoms with E-state index in [-0.39, 0.29) is 18.2 Å². The number of aromatic nitrogens is 2. The summed E-state index contributed by atoms with van der Waals surface area (Å²) in [5, 5.41) is 10.1. The normalized spacial score (nSPS) is 11.7. The Morgan fingerprint density at radius 1 is 1.45 bits per heavy atom. The van der Waals surface area contributed by atoms with Crippen molar-refractivity contribution >= 4 is 22.5 Å². The number of fused-ring (bicyclic) bond motifs is 1. The van der Waals surface area contributed by atoms with E-state index in [9.17, 15) is 4.79 Å². The highest BCUT2D eigenvalue weighted by atomic mass is 35.5. The van der Waals surface area contributed by atoms with Crippen molar-refractivity contribution in [1.82, 2.24) is 14.9 Å². The molecule has 0 aliphatic heterocycles. The molecule has 2 N–H and O–H groups in total. The molecule has 1 aromatic carbocycles. The lowest BCUT2D eigenvalue weighted by Crippen LogP contribution is -2.34.